The summed E-state index contributed by atoms with van der Waals surface area (Å²) >= 11 is 1.73. The van der Waals surface area contributed by atoms with Crippen LogP contribution in [0.2, 0.25) is 0 Å². The molecule has 0 aliphatic rings. The van der Waals surface area contributed by atoms with Crippen LogP contribution in [-0.2, 0) is 6.42 Å². The van der Waals surface area contributed by atoms with E-state index in [-0.39, 0.29) is 6.04 Å². The summed E-state index contributed by atoms with van der Waals surface area (Å²) in [6, 6.07) is 4.39. The maximum atomic E-state index is 5.84. The largest absolute Gasteiger partial charge is 0.383 e. The molecule has 0 aromatic carbocycles. The second kappa shape index (κ2) is 5.14. The van der Waals surface area contributed by atoms with Gasteiger partial charge < -0.3 is 11.1 Å². The number of hydrogen-bond donors (Lipinski definition) is 2. The van der Waals surface area contributed by atoms with E-state index in [1.54, 1.807) is 11.3 Å². The molecular weight excluding hydrogens is 232 g/mol. The summed E-state index contributed by atoms with van der Waals surface area (Å²) in [5.41, 5.74) is 6.82. The third-order valence-corrected chi connectivity index (χ3v) is 3.71. The molecule has 0 amide bonds. The number of hydrogen-bond acceptors (Lipinski definition) is 5. The number of rotatable bonds is 4. The molecule has 0 saturated carbocycles. The lowest BCUT2D eigenvalue weighted by Crippen LogP contribution is -2.10. The summed E-state index contributed by atoms with van der Waals surface area (Å²) in [6.07, 6.45) is 2.32. The highest BCUT2D eigenvalue weighted by atomic mass is 32.1. The van der Waals surface area contributed by atoms with Gasteiger partial charge in [0, 0.05) is 10.4 Å². The quantitative estimate of drug-likeness (QED) is 0.873. The van der Waals surface area contributed by atoms with Crippen LogP contribution < -0.4 is 11.1 Å². The number of nitrogen functional groups attached to an aromatic ring is 1. The smallest absolute Gasteiger partial charge is 0.135 e. The monoisotopic (exact) mass is 248 g/mol. The third kappa shape index (κ3) is 2.55. The molecule has 5 heteroatoms. The van der Waals surface area contributed by atoms with Crippen LogP contribution in [0.5, 0.6) is 0 Å². The molecule has 0 fully saturated rings. The van der Waals surface area contributed by atoms with Crippen LogP contribution in [0.4, 0.5) is 11.6 Å². The number of nitrogens with one attached hydrogen (secondary N) is 1. The second-order valence-electron chi connectivity index (χ2n) is 3.82. The van der Waals surface area contributed by atoms with E-state index < -0.39 is 0 Å². The molecule has 17 heavy (non-hydrogen) atoms. The normalized spacial score (nSPS) is 12.4. The third-order valence-electron chi connectivity index (χ3n) is 2.66. The molecular formula is C12H16N4S. The van der Waals surface area contributed by atoms with Gasteiger partial charge in [0.1, 0.15) is 18.0 Å². The fourth-order valence-corrected chi connectivity index (χ4v) is 2.45. The van der Waals surface area contributed by atoms with Crippen molar-refractivity contribution >= 4 is 23.0 Å². The van der Waals surface area contributed by atoms with Crippen molar-refractivity contribution in [3.8, 4) is 0 Å². The van der Waals surface area contributed by atoms with Gasteiger partial charge in [-0.15, -0.1) is 11.3 Å². The molecule has 3 N–H and O–H groups in total. The number of nitrogens with two attached hydrogens (primary N) is 1. The van der Waals surface area contributed by atoms with E-state index in [0.29, 0.717) is 5.82 Å². The predicted octanol–water partition coefficient (Wildman–Crippen LogP) is 2.86. The van der Waals surface area contributed by atoms with E-state index in [9.17, 15) is 0 Å². The summed E-state index contributed by atoms with van der Waals surface area (Å²) in [5, 5.41) is 5.46. The molecule has 0 aliphatic heterocycles. The van der Waals surface area contributed by atoms with Crippen LogP contribution in [0.1, 0.15) is 30.3 Å². The first-order valence-electron chi connectivity index (χ1n) is 5.61. The van der Waals surface area contributed by atoms with Gasteiger partial charge in [-0.05, 0) is 24.8 Å². The highest BCUT2D eigenvalue weighted by molar-refractivity contribution is 7.10. The fourth-order valence-electron chi connectivity index (χ4n) is 1.71. The fraction of sp³-hybridized carbons (Fsp3) is 0.333. The molecule has 0 bridgehead atoms. The van der Waals surface area contributed by atoms with E-state index in [1.807, 2.05) is 6.07 Å². The van der Waals surface area contributed by atoms with Gasteiger partial charge in [0.2, 0.25) is 0 Å². The Balaban J connectivity index is 2.21. The van der Waals surface area contributed by atoms with Crippen LogP contribution in [0.3, 0.4) is 0 Å². The first kappa shape index (κ1) is 11.9. The van der Waals surface area contributed by atoms with Gasteiger partial charge in [-0.3, -0.25) is 0 Å². The van der Waals surface area contributed by atoms with Gasteiger partial charge in [-0.2, -0.15) is 0 Å². The van der Waals surface area contributed by atoms with Gasteiger partial charge in [-0.1, -0.05) is 13.0 Å². The molecule has 1 atom stereocenters. The van der Waals surface area contributed by atoms with E-state index in [4.69, 9.17) is 5.73 Å². The maximum absolute atomic E-state index is 5.84. The highest BCUT2D eigenvalue weighted by Crippen LogP contribution is 2.25. The van der Waals surface area contributed by atoms with Gasteiger partial charge >= 0.3 is 0 Å². The average Bonchev–Trinajstić information content (AvgIpc) is 2.82. The van der Waals surface area contributed by atoms with Crippen LogP contribution >= 0.6 is 11.3 Å². The summed E-state index contributed by atoms with van der Waals surface area (Å²) in [4.78, 5) is 9.55. The zero-order valence-corrected chi connectivity index (χ0v) is 10.8. The van der Waals surface area contributed by atoms with E-state index in [2.05, 4.69) is 40.6 Å². The molecule has 0 spiro atoms. The van der Waals surface area contributed by atoms with Gasteiger partial charge in [0.05, 0.1) is 6.04 Å². The Bertz CT molecular complexity index is 481. The van der Waals surface area contributed by atoms with Crippen LogP contribution in [0, 0.1) is 0 Å². The minimum absolute atomic E-state index is 0.231. The van der Waals surface area contributed by atoms with Crippen LogP contribution in [-0.4, -0.2) is 9.97 Å². The molecule has 2 rings (SSSR count). The van der Waals surface area contributed by atoms with Crippen molar-refractivity contribution in [1.29, 1.82) is 0 Å². The second-order valence-corrected chi connectivity index (χ2v) is 4.80. The molecule has 2 heterocycles. The number of aromatic nitrogens is 2. The zero-order valence-electron chi connectivity index (χ0n) is 9.97. The van der Waals surface area contributed by atoms with Crippen molar-refractivity contribution < 1.29 is 0 Å². The minimum Gasteiger partial charge on any atom is -0.383 e. The van der Waals surface area contributed by atoms with Gasteiger partial charge in [0.15, 0.2) is 0 Å². The lowest BCUT2D eigenvalue weighted by molar-refractivity contribution is 0.883. The first-order valence-corrected chi connectivity index (χ1v) is 6.49. The minimum atomic E-state index is 0.231. The van der Waals surface area contributed by atoms with Crippen molar-refractivity contribution in [3.05, 3.63) is 34.3 Å². The summed E-state index contributed by atoms with van der Waals surface area (Å²) in [5.74, 6) is 1.39. The maximum Gasteiger partial charge on any atom is 0.135 e. The topological polar surface area (TPSA) is 63.8 Å². The molecule has 0 saturated heterocycles. The van der Waals surface area contributed by atoms with Crippen molar-refractivity contribution in [2.45, 2.75) is 26.3 Å². The standard InChI is InChI=1S/C12H16N4S/c1-3-9-11(13)14-7-15-12(9)16-8(2)10-5-4-6-17-10/h4-8H,3H2,1-2H3,(H3,13,14,15,16). The lowest BCUT2D eigenvalue weighted by atomic mass is 10.2. The molecule has 0 aliphatic carbocycles. The van der Waals surface area contributed by atoms with E-state index in [0.717, 1.165) is 17.8 Å². The lowest BCUT2D eigenvalue weighted by Gasteiger charge is -2.16. The Hall–Kier alpha value is -1.62. The number of thiophene rings is 1. The van der Waals surface area contributed by atoms with Crippen molar-refractivity contribution in [2.75, 3.05) is 11.1 Å². The highest BCUT2D eigenvalue weighted by Gasteiger charge is 2.11. The SMILES string of the molecule is CCc1c(N)ncnc1NC(C)c1cccs1. The van der Waals surface area contributed by atoms with E-state index >= 15 is 0 Å². The Morgan fingerprint density at radius 2 is 2.29 bits per heavy atom. The van der Waals surface area contributed by atoms with Crippen LogP contribution in [0.25, 0.3) is 0 Å². The molecule has 0 radical (unpaired) electrons. The number of nitrogens with zero attached hydrogens (tertiary/aromatic N) is 2. The zero-order chi connectivity index (χ0) is 12.3. The van der Waals surface area contributed by atoms with Crippen molar-refractivity contribution in [3.63, 3.8) is 0 Å². The Labute approximate surface area is 105 Å². The Morgan fingerprint density at radius 1 is 1.47 bits per heavy atom. The summed E-state index contributed by atoms with van der Waals surface area (Å²) in [6.45, 7) is 4.17. The number of anilines is 2. The predicted molar refractivity (Wildman–Crippen MR) is 72.2 cm³/mol. The molecule has 90 valence electrons. The molecule has 2 aromatic heterocycles. The first-order chi connectivity index (χ1) is 8.22. The van der Waals surface area contributed by atoms with Gasteiger partial charge in [0.25, 0.3) is 0 Å². The average molecular weight is 248 g/mol. The Kier molecular flexibility index (Phi) is 3.58. The molecule has 1 unspecified atom stereocenters. The summed E-state index contributed by atoms with van der Waals surface area (Å²) < 4.78 is 0. The van der Waals surface area contributed by atoms with Crippen molar-refractivity contribution in [1.82, 2.24) is 9.97 Å². The van der Waals surface area contributed by atoms with Crippen molar-refractivity contribution in [2.24, 2.45) is 0 Å². The molecule has 2 aromatic rings. The van der Waals surface area contributed by atoms with Crippen LogP contribution in [0.15, 0.2) is 23.8 Å². The summed E-state index contributed by atoms with van der Waals surface area (Å²) in [7, 11) is 0. The van der Waals surface area contributed by atoms with E-state index in [1.165, 1.54) is 11.2 Å². The van der Waals surface area contributed by atoms with Gasteiger partial charge in [-0.25, -0.2) is 9.97 Å². The Morgan fingerprint density at radius 3 is 2.94 bits per heavy atom. The molecule has 4 nitrogen and oxygen atoms in total.